The Balaban J connectivity index is 1.76. The summed E-state index contributed by atoms with van der Waals surface area (Å²) in [5.74, 6) is 0. The topological polar surface area (TPSA) is 79.3 Å². The molecule has 23 heavy (non-hydrogen) atoms. The molecule has 0 spiro atoms. The maximum Gasteiger partial charge on any atom is 0.325 e. The van der Waals surface area contributed by atoms with E-state index >= 15 is 0 Å². The van der Waals surface area contributed by atoms with Gasteiger partial charge in [-0.2, -0.15) is 16.4 Å². The van der Waals surface area contributed by atoms with E-state index < -0.39 is 0 Å². The molecule has 1 fully saturated rings. The molecule has 2 aromatic heterocycles. The predicted molar refractivity (Wildman–Crippen MR) is 87.7 cm³/mol. The van der Waals surface area contributed by atoms with Crippen LogP contribution in [0.15, 0.2) is 22.9 Å². The summed E-state index contributed by atoms with van der Waals surface area (Å²) in [7, 11) is 0. The van der Waals surface area contributed by atoms with E-state index in [9.17, 15) is 9.59 Å². The largest absolute Gasteiger partial charge is 0.336 e. The van der Waals surface area contributed by atoms with Gasteiger partial charge >= 0.3 is 12.1 Å². The van der Waals surface area contributed by atoms with Crippen molar-refractivity contribution in [3.63, 3.8) is 0 Å². The lowest BCUT2D eigenvalue weighted by Gasteiger charge is -2.21. The van der Waals surface area contributed by atoms with Gasteiger partial charge in [0.15, 0.2) is 0 Å². The van der Waals surface area contributed by atoms with Crippen molar-refractivity contribution in [2.45, 2.75) is 19.9 Å². The Morgan fingerprint density at radius 1 is 1.52 bits per heavy atom. The second-order valence-electron chi connectivity index (χ2n) is 5.51. The molecule has 1 unspecified atom stereocenters. The fourth-order valence-corrected chi connectivity index (χ4v) is 3.42. The van der Waals surface area contributed by atoms with Crippen LogP contribution in [0, 0.1) is 13.8 Å². The zero-order valence-electron chi connectivity index (χ0n) is 13.1. The summed E-state index contributed by atoms with van der Waals surface area (Å²) in [6.07, 6.45) is 0. The molecule has 2 N–H and O–H groups in total. The van der Waals surface area contributed by atoms with Gasteiger partial charge in [0.1, 0.15) is 0 Å². The maximum absolute atomic E-state index is 12.2. The molecular formula is C15H19N5O2S. The smallest absolute Gasteiger partial charge is 0.325 e. The number of nitrogens with zero attached hydrogens (tertiary/aromatic N) is 3. The molecule has 4 amide bonds. The van der Waals surface area contributed by atoms with Crippen molar-refractivity contribution in [3.8, 4) is 0 Å². The van der Waals surface area contributed by atoms with Crippen molar-refractivity contribution in [1.29, 1.82) is 0 Å². The molecule has 3 heterocycles. The lowest BCUT2D eigenvalue weighted by molar-refractivity contribution is 0.198. The number of hydrogen-bond acceptors (Lipinski definition) is 4. The Labute approximate surface area is 138 Å². The molecule has 7 nitrogen and oxygen atoms in total. The summed E-state index contributed by atoms with van der Waals surface area (Å²) in [4.78, 5) is 24.9. The molecule has 0 radical (unpaired) electrons. The number of nitrogens with one attached hydrogen (secondary N) is 2. The van der Waals surface area contributed by atoms with E-state index in [0.717, 1.165) is 17.0 Å². The average molecular weight is 333 g/mol. The molecule has 3 rings (SSSR count). The normalized spacial score (nSPS) is 15.6. The van der Waals surface area contributed by atoms with Crippen molar-refractivity contribution in [2.24, 2.45) is 0 Å². The Kier molecular flexibility index (Phi) is 4.33. The van der Waals surface area contributed by atoms with Gasteiger partial charge in [-0.25, -0.2) is 14.5 Å². The van der Waals surface area contributed by atoms with Crippen molar-refractivity contribution < 1.29 is 9.59 Å². The maximum atomic E-state index is 12.2. The van der Waals surface area contributed by atoms with Crippen molar-refractivity contribution >= 4 is 23.4 Å². The van der Waals surface area contributed by atoms with Gasteiger partial charge in [-0.05, 0) is 42.3 Å². The van der Waals surface area contributed by atoms with E-state index in [1.165, 1.54) is 4.90 Å². The lowest BCUT2D eigenvalue weighted by Crippen LogP contribution is -2.44. The van der Waals surface area contributed by atoms with Crippen LogP contribution in [0.2, 0.25) is 0 Å². The molecule has 1 aliphatic heterocycles. The first kappa shape index (κ1) is 15.5. The monoisotopic (exact) mass is 333 g/mol. The highest BCUT2D eigenvalue weighted by Gasteiger charge is 2.27. The first-order valence-corrected chi connectivity index (χ1v) is 8.38. The molecule has 0 bridgehead atoms. The molecule has 0 saturated carbocycles. The summed E-state index contributed by atoms with van der Waals surface area (Å²) in [6, 6.07) is 3.22. The molecule has 0 aliphatic carbocycles. The van der Waals surface area contributed by atoms with Crippen LogP contribution in [0.5, 0.6) is 0 Å². The molecule has 122 valence electrons. The highest BCUT2D eigenvalue weighted by molar-refractivity contribution is 7.07. The van der Waals surface area contributed by atoms with E-state index in [4.69, 9.17) is 0 Å². The van der Waals surface area contributed by atoms with Crippen LogP contribution in [0.25, 0.3) is 0 Å². The molecule has 8 heteroatoms. The predicted octanol–water partition coefficient (Wildman–Crippen LogP) is 1.89. The summed E-state index contributed by atoms with van der Waals surface area (Å²) in [5, 5.41) is 14.1. The third kappa shape index (κ3) is 3.21. The lowest BCUT2D eigenvalue weighted by atomic mass is 10.1. The van der Waals surface area contributed by atoms with Gasteiger partial charge < -0.3 is 10.6 Å². The number of carbonyl (C=O) groups excluding carboxylic acids is 2. The standard InChI is InChI=1S/C15H19N5O2S/c1-10-7-11(2)20(18-10)13(12-3-6-23-9-12)8-17-15(22)19-5-4-16-14(19)21/h3,6-7,9,13H,4-5,8H2,1-2H3,(H,16,21)(H,17,22). The second-order valence-corrected chi connectivity index (χ2v) is 6.29. The van der Waals surface area contributed by atoms with Crippen LogP contribution < -0.4 is 10.6 Å². The summed E-state index contributed by atoms with van der Waals surface area (Å²) >= 11 is 1.61. The molecule has 1 saturated heterocycles. The Hall–Kier alpha value is -2.35. The van der Waals surface area contributed by atoms with Crippen LogP contribution in [0.4, 0.5) is 9.59 Å². The Morgan fingerprint density at radius 3 is 2.91 bits per heavy atom. The minimum absolute atomic E-state index is 0.0930. The summed E-state index contributed by atoms with van der Waals surface area (Å²) < 4.78 is 1.92. The van der Waals surface area contributed by atoms with Crippen molar-refractivity contribution in [3.05, 3.63) is 39.8 Å². The fourth-order valence-electron chi connectivity index (χ4n) is 2.72. The molecule has 2 aromatic rings. The number of amides is 4. The highest BCUT2D eigenvalue weighted by atomic mass is 32.1. The number of aromatic nitrogens is 2. The van der Waals surface area contributed by atoms with E-state index in [1.54, 1.807) is 11.3 Å². The molecule has 1 aliphatic rings. The van der Waals surface area contributed by atoms with Crippen LogP contribution in [-0.2, 0) is 0 Å². The van der Waals surface area contributed by atoms with Gasteiger partial charge in [-0.3, -0.25) is 4.68 Å². The Morgan fingerprint density at radius 2 is 2.35 bits per heavy atom. The number of rotatable bonds is 4. The number of hydrogen-bond donors (Lipinski definition) is 2. The minimum atomic E-state index is -0.373. The molecule has 0 aromatic carbocycles. The van der Waals surface area contributed by atoms with Gasteiger partial charge in [0, 0.05) is 25.3 Å². The first-order valence-electron chi connectivity index (χ1n) is 7.44. The van der Waals surface area contributed by atoms with Crippen molar-refractivity contribution in [1.82, 2.24) is 25.3 Å². The quantitative estimate of drug-likeness (QED) is 0.897. The number of imide groups is 1. The van der Waals surface area contributed by atoms with Crippen LogP contribution in [-0.4, -0.2) is 46.4 Å². The van der Waals surface area contributed by atoms with Gasteiger partial charge in [0.05, 0.1) is 11.7 Å². The zero-order valence-corrected chi connectivity index (χ0v) is 13.9. The second kappa shape index (κ2) is 6.41. The zero-order chi connectivity index (χ0) is 16.4. The van der Waals surface area contributed by atoms with Gasteiger partial charge in [0.2, 0.25) is 0 Å². The number of carbonyl (C=O) groups is 2. The third-order valence-corrected chi connectivity index (χ3v) is 4.52. The minimum Gasteiger partial charge on any atom is -0.336 e. The Bertz CT molecular complexity index is 710. The van der Waals surface area contributed by atoms with E-state index in [2.05, 4.69) is 21.1 Å². The average Bonchev–Trinajstić information content (AvgIpc) is 3.22. The third-order valence-electron chi connectivity index (χ3n) is 3.82. The van der Waals surface area contributed by atoms with Crippen LogP contribution in [0.1, 0.15) is 23.0 Å². The number of aryl methyl sites for hydroxylation is 2. The first-order chi connectivity index (χ1) is 11.1. The molecular weight excluding hydrogens is 314 g/mol. The summed E-state index contributed by atoms with van der Waals surface area (Å²) in [5.41, 5.74) is 3.06. The van der Waals surface area contributed by atoms with Crippen LogP contribution >= 0.6 is 11.3 Å². The van der Waals surface area contributed by atoms with E-state index in [0.29, 0.717) is 19.6 Å². The number of thiophene rings is 1. The van der Waals surface area contributed by atoms with E-state index in [1.807, 2.05) is 36.0 Å². The summed E-state index contributed by atoms with van der Waals surface area (Å²) in [6.45, 7) is 5.21. The fraction of sp³-hybridized carbons (Fsp3) is 0.400. The SMILES string of the molecule is Cc1cc(C)n(C(CNC(=O)N2CCNC2=O)c2ccsc2)n1. The van der Waals surface area contributed by atoms with Gasteiger partial charge in [0.25, 0.3) is 0 Å². The number of urea groups is 2. The van der Waals surface area contributed by atoms with Gasteiger partial charge in [-0.1, -0.05) is 0 Å². The van der Waals surface area contributed by atoms with E-state index in [-0.39, 0.29) is 18.1 Å². The van der Waals surface area contributed by atoms with Crippen molar-refractivity contribution in [2.75, 3.05) is 19.6 Å². The molecule has 1 atom stereocenters. The van der Waals surface area contributed by atoms with Crippen LogP contribution in [0.3, 0.4) is 0 Å². The highest BCUT2D eigenvalue weighted by Crippen LogP contribution is 2.22. The van der Waals surface area contributed by atoms with Gasteiger partial charge in [-0.15, -0.1) is 0 Å².